The number of hydrogen-bond acceptors (Lipinski definition) is 3. The Hall–Kier alpha value is -2.34. The summed E-state index contributed by atoms with van der Waals surface area (Å²) in [5, 5.41) is 2.60. The zero-order valence-electron chi connectivity index (χ0n) is 10.3. The Kier molecular flexibility index (Phi) is 4.05. The van der Waals surface area contributed by atoms with Crippen LogP contribution < -0.4 is 11.1 Å². The quantitative estimate of drug-likeness (QED) is 0.760. The minimum atomic E-state index is -0.583. The summed E-state index contributed by atoms with van der Waals surface area (Å²) in [6, 6.07) is 10.1. The molecule has 3 N–H and O–H groups in total. The van der Waals surface area contributed by atoms with Gasteiger partial charge in [-0.05, 0) is 36.4 Å². The fourth-order valence-corrected chi connectivity index (χ4v) is 1.82. The zero-order chi connectivity index (χ0) is 14.7. The predicted molar refractivity (Wildman–Crippen MR) is 76.6 cm³/mol. The average Bonchev–Trinajstić information content (AvgIpc) is 2.42. The van der Waals surface area contributed by atoms with E-state index in [1.807, 2.05) is 0 Å². The van der Waals surface area contributed by atoms with E-state index >= 15 is 0 Å². The molecule has 0 unspecified atom stereocenters. The summed E-state index contributed by atoms with van der Waals surface area (Å²) in [6.45, 7) is 0. The Morgan fingerprint density at radius 3 is 2.50 bits per heavy atom. The number of primary amides is 1. The van der Waals surface area contributed by atoms with Crippen LogP contribution in [0.4, 0.5) is 10.1 Å². The van der Waals surface area contributed by atoms with Crippen molar-refractivity contribution in [1.29, 1.82) is 0 Å². The summed E-state index contributed by atoms with van der Waals surface area (Å²) in [7, 11) is 0. The Morgan fingerprint density at radius 2 is 1.85 bits per heavy atom. The number of thiol groups is 1. The second-order valence-electron chi connectivity index (χ2n) is 4.07. The number of benzene rings is 2. The van der Waals surface area contributed by atoms with Gasteiger partial charge in [0.1, 0.15) is 5.82 Å². The summed E-state index contributed by atoms with van der Waals surface area (Å²) in [6.07, 6.45) is 0. The third kappa shape index (κ3) is 3.16. The van der Waals surface area contributed by atoms with E-state index in [-0.39, 0.29) is 16.0 Å². The molecule has 0 saturated carbocycles. The average molecular weight is 290 g/mol. The minimum Gasteiger partial charge on any atom is -0.366 e. The van der Waals surface area contributed by atoms with E-state index in [0.717, 1.165) is 6.07 Å². The summed E-state index contributed by atoms with van der Waals surface area (Å²) < 4.78 is 13.1. The lowest BCUT2D eigenvalue weighted by Gasteiger charge is -2.07. The fraction of sp³-hybridized carbons (Fsp3) is 0. The third-order valence-corrected chi connectivity index (χ3v) is 2.96. The molecule has 102 valence electrons. The van der Waals surface area contributed by atoms with Gasteiger partial charge in [0.15, 0.2) is 0 Å². The van der Waals surface area contributed by atoms with Crippen molar-refractivity contribution in [2.24, 2.45) is 5.73 Å². The van der Waals surface area contributed by atoms with Gasteiger partial charge in [-0.25, -0.2) is 4.39 Å². The molecule has 2 rings (SSSR count). The molecule has 6 heteroatoms. The number of halogens is 1. The Balaban J connectivity index is 2.21. The molecule has 0 radical (unpaired) electrons. The van der Waals surface area contributed by atoms with E-state index in [0.29, 0.717) is 5.69 Å². The van der Waals surface area contributed by atoms with Crippen molar-refractivity contribution in [3.8, 4) is 0 Å². The van der Waals surface area contributed by atoms with Crippen molar-refractivity contribution >= 4 is 30.1 Å². The van der Waals surface area contributed by atoms with Crippen LogP contribution in [-0.2, 0) is 0 Å². The molecule has 4 nitrogen and oxygen atoms in total. The van der Waals surface area contributed by atoms with Crippen LogP contribution in [0.25, 0.3) is 0 Å². The highest BCUT2D eigenvalue weighted by atomic mass is 32.1. The van der Waals surface area contributed by atoms with Crippen LogP contribution in [0.2, 0.25) is 0 Å². The molecule has 0 saturated heterocycles. The molecule has 2 amide bonds. The van der Waals surface area contributed by atoms with Crippen LogP contribution in [0.1, 0.15) is 20.7 Å². The second kappa shape index (κ2) is 5.75. The van der Waals surface area contributed by atoms with E-state index in [1.54, 1.807) is 18.2 Å². The molecule has 0 bridgehead atoms. The third-order valence-electron chi connectivity index (χ3n) is 2.61. The van der Waals surface area contributed by atoms with Crippen LogP contribution in [0.3, 0.4) is 0 Å². The van der Waals surface area contributed by atoms with Gasteiger partial charge in [0.2, 0.25) is 5.91 Å². The molecule has 20 heavy (non-hydrogen) atoms. The highest BCUT2D eigenvalue weighted by Gasteiger charge is 2.09. The highest BCUT2D eigenvalue weighted by molar-refractivity contribution is 7.80. The Bertz CT molecular complexity index is 689. The number of carbonyl (C=O) groups excluding carboxylic acids is 2. The second-order valence-corrected chi connectivity index (χ2v) is 4.55. The van der Waals surface area contributed by atoms with Gasteiger partial charge in [-0.2, -0.15) is 0 Å². The molecule has 0 aliphatic heterocycles. The lowest BCUT2D eigenvalue weighted by Crippen LogP contribution is -2.14. The molecular formula is C14H11FN2O2S. The van der Waals surface area contributed by atoms with Gasteiger partial charge in [0, 0.05) is 21.7 Å². The van der Waals surface area contributed by atoms with Gasteiger partial charge in [-0.3, -0.25) is 9.59 Å². The predicted octanol–water partition coefficient (Wildman–Crippen LogP) is 2.47. The maximum Gasteiger partial charge on any atom is 0.255 e. The number of rotatable bonds is 3. The van der Waals surface area contributed by atoms with E-state index in [4.69, 9.17) is 5.73 Å². The maximum atomic E-state index is 13.1. The van der Waals surface area contributed by atoms with Crippen LogP contribution >= 0.6 is 12.6 Å². The number of anilines is 1. The fourth-order valence-electron chi connectivity index (χ4n) is 1.61. The SMILES string of the molecule is NC(=O)c1cccc(NC(=O)c2ccc(F)c(S)c2)c1. The van der Waals surface area contributed by atoms with Gasteiger partial charge >= 0.3 is 0 Å². The minimum absolute atomic E-state index is 0.0866. The highest BCUT2D eigenvalue weighted by Crippen LogP contribution is 2.16. The monoisotopic (exact) mass is 290 g/mol. The molecule has 0 aliphatic rings. The summed E-state index contributed by atoms with van der Waals surface area (Å²) >= 11 is 3.92. The molecule has 0 aliphatic carbocycles. The van der Waals surface area contributed by atoms with Crippen LogP contribution in [0, 0.1) is 5.82 Å². The molecule has 0 spiro atoms. The number of nitrogens with two attached hydrogens (primary N) is 1. The first-order valence-corrected chi connectivity index (χ1v) is 6.12. The van der Waals surface area contributed by atoms with Crippen LogP contribution in [0.5, 0.6) is 0 Å². The lowest BCUT2D eigenvalue weighted by molar-refractivity contribution is 0.0996. The molecule has 0 atom stereocenters. The number of amides is 2. The first-order chi connectivity index (χ1) is 9.47. The Labute approximate surface area is 120 Å². The van der Waals surface area contributed by atoms with E-state index in [1.165, 1.54) is 18.2 Å². The molecule has 2 aromatic rings. The summed E-state index contributed by atoms with van der Waals surface area (Å²) in [5.41, 5.74) is 6.14. The van der Waals surface area contributed by atoms with E-state index < -0.39 is 17.6 Å². The lowest BCUT2D eigenvalue weighted by atomic mass is 10.1. The normalized spacial score (nSPS) is 10.1. The first-order valence-electron chi connectivity index (χ1n) is 5.67. The van der Waals surface area contributed by atoms with Crippen molar-refractivity contribution in [1.82, 2.24) is 0 Å². The smallest absolute Gasteiger partial charge is 0.255 e. The van der Waals surface area contributed by atoms with Gasteiger partial charge in [0.25, 0.3) is 5.91 Å². The summed E-state index contributed by atoms with van der Waals surface area (Å²) in [5.74, 6) is -1.51. The van der Waals surface area contributed by atoms with Crippen molar-refractivity contribution in [3.05, 3.63) is 59.4 Å². The number of nitrogens with one attached hydrogen (secondary N) is 1. The number of carbonyl (C=O) groups is 2. The topological polar surface area (TPSA) is 72.2 Å². The van der Waals surface area contributed by atoms with Gasteiger partial charge in [-0.1, -0.05) is 6.07 Å². The van der Waals surface area contributed by atoms with Crippen molar-refractivity contribution < 1.29 is 14.0 Å². The van der Waals surface area contributed by atoms with Crippen LogP contribution in [-0.4, -0.2) is 11.8 Å². The zero-order valence-corrected chi connectivity index (χ0v) is 11.2. The van der Waals surface area contributed by atoms with Crippen LogP contribution in [0.15, 0.2) is 47.4 Å². The van der Waals surface area contributed by atoms with Gasteiger partial charge in [-0.15, -0.1) is 12.6 Å². The molecule has 0 heterocycles. The molecule has 0 aromatic heterocycles. The van der Waals surface area contributed by atoms with Crippen molar-refractivity contribution in [2.75, 3.05) is 5.32 Å². The molecular weight excluding hydrogens is 279 g/mol. The summed E-state index contributed by atoms with van der Waals surface area (Å²) in [4.78, 5) is 23.1. The van der Waals surface area contributed by atoms with Gasteiger partial charge < -0.3 is 11.1 Å². The molecule has 2 aromatic carbocycles. The Morgan fingerprint density at radius 1 is 1.10 bits per heavy atom. The molecule has 0 fully saturated rings. The van der Waals surface area contributed by atoms with Crippen molar-refractivity contribution in [3.63, 3.8) is 0 Å². The number of hydrogen-bond donors (Lipinski definition) is 3. The van der Waals surface area contributed by atoms with Crippen molar-refractivity contribution in [2.45, 2.75) is 4.90 Å². The van der Waals surface area contributed by atoms with Gasteiger partial charge in [0.05, 0.1) is 0 Å². The van der Waals surface area contributed by atoms with E-state index in [9.17, 15) is 14.0 Å². The maximum absolute atomic E-state index is 13.1. The largest absolute Gasteiger partial charge is 0.366 e. The first kappa shape index (κ1) is 14.1. The van der Waals surface area contributed by atoms with E-state index in [2.05, 4.69) is 17.9 Å². The standard InChI is InChI=1S/C14H11FN2O2S/c15-11-5-4-9(7-12(11)20)14(19)17-10-3-1-2-8(6-10)13(16)18/h1-7,20H,(H2,16,18)(H,17,19).